The molecule has 2 N–H and O–H groups in total. The predicted octanol–water partition coefficient (Wildman–Crippen LogP) is 2.44. The van der Waals surface area contributed by atoms with Gasteiger partial charge in [-0.1, -0.05) is 6.07 Å². The Hall–Kier alpha value is -1.22. The zero-order valence-electron chi connectivity index (χ0n) is 10.5. The van der Waals surface area contributed by atoms with E-state index in [1.54, 1.807) is 0 Å². The number of nitrogens with zero attached hydrogens (tertiary/aromatic N) is 1. The average molecular weight is 222 g/mol. The van der Waals surface area contributed by atoms with Gasteiger partial charge in [0.05, 0.1) is 6.61 Å². The molecule has 0 aromatic heterocycles. The van der Waals surface area contributed by atoms with E-state index in [1.165, 1.54) is 5.69 Å². The standard InChI is InChI=1S/C13H22N2O/c1-4-15(9-10-16-5-2)13-8-6-7-12(14)11(13)3/h6-8H,4-5,9-10,14H2,1-3H3. The van der Waals surface area contributed by atoms with Crippen LogP contribution in [0.15, 0.2) is 18.2 Å². The molecule has 0 saturated heterocycles. The SMILES string of the molecule is CCOCCN(CC)c1cccc(N)c1C. The molecule has 0 aliphatic heterocycles. The summed E-state index contributed by atoms with van der Waals surface area (Å²) in [6.45, 7) is 9.64. The first-order chi connectivity index (χ1) is 7.70. The Morgan fingerprint density at radius 3 is 2.69 bits per heavy atom. The molecule has 0 aliphatic carbocycles. The summed E-state index contributed by atoms with van der Waals surface area (Å²) in [6, 6.07) is 6.05. The van der Waals surface area contributed by atoms with Gasteiger partial charge in [-0.15, -0.1) is 0 Å². The van der Waals surface area contributed by atoms with E-state index >= 15 is 0 Å². The molecule has 0 bridgehead atoms. The third-order valence-electron chi connectivity index (χ3n) is 2.78. The van der Waals surface area contributed by atoms with E-state index in [0.717, 1.165) is 37.6 Å². The van der Waals surface area contributed by atoms with Gasteiger partial charge in [0, 0.05) is 31.1 Å². The molecule has 0 spiro atoms. The molecule has 0 radical (unpaired) electrons. The molecule has 1 aromatic rings. The van der Waals surface area contributed by atoms with E-state index in [0.29, 0.717) is 0 Å². The van der Waals surface area contributed by atoms with Gasteiger partial charge < -0.3 is 15.4 Å². The smallest absolute Gasteiger partial charge is 0.0641 e. The number of anilines is 2. The van der Waals surface area contributed by atoms with Gasteiger partial charge in [0.2, 0.25) is 0 Å². The van der Waals surface area contributed by atoms with Crippen LogP contribution in [0.4, 0.5) is 11.4 Å². The fraction of sp³-hybridized carbons (Fsp3) is 0.538. The summed E-state index contributed by atoms with van der Waals surface area (Å²) < 4.78 is 5.38. The number of hydrogen-bond donors (Lipinski definition) is 1. The zero-order chi connectivity index (χ0) is 12.0. The molecule has 0 fully saturated rings. The molecule has 1 rings (SSSR count). The summed E-state index contributed by atoms with van der Waals surface area (Å²) in [7, 11) is 0. The van der Waals surface area contributed by atoms with Crippen LogP contribution in [-0.2, 0) is 4.74 Å². The van der Waals surface area contributed by atoms with Gasteiger partial charge >= 0.3 is 0 Å². The second kappa shape index (κ2) is 6.38. The van der Waals surface area contributed by atoms with Crippen LogP contribution in [0.1, 0.15) is 19.4 Å². The maximum Gasteiger partial charge on any atom is 0.0641 e. The Morgan fingerprint density at radius 2 is 2.06 bits per heavy atom. The minimum atomic E-state index is 0.762. The number of hydrogen-bond acceptors (Lipinski definition) is 3. The minimum Gasteiger partial charge on any atom is -0.398 e. The first-order valence-electron chi connectivity index (χ1n) is 5.88. The van der Waals surface area contributed by atoms with Crippen LogP contribution in [0.5, 0.6) is 0 Å². The molecule has 0 aliphatic rings. The Kier molecular flexibility index (Phi) is 5.12. The average Bonchev–Trinajstić information content (AvgIpc) is 2.29. The van der Waals surface area contributed by atoms with Crippen LogP contribution >= 0.6 is 0 Å². The molecule has 0 amide bonds. The first-order valence-corrected chi connectivity index (χ1v) is 5.88. The third-order valence-corrected chi connectivity index (χ3v) is 2.78. The number of nitrogens with two attached hydrogens (primary N) is 1. The minimum absolute atomic E-state index is 0.762. The molecule has 16 heavy (non-hydrogen) atoms. The lowest BCUT2D eigenvalue weighted by molar-refractivity contribution is 0.154. The van der Waals surface area contributed by atoms with Gasteiger partial charge in [-0.3, -0.25) is 0 Å². The number of benzene rings is 1. The van der Waals surface area contributed by atoms with Crippen molar-refractivity contribution >= 4 is 11.4 Å². The van der Waals surface area contributed by atoms with E-state index in [2.05, 4.69) is 24.8 Å². The molecular formula is C13H22N2O. The summed E-state index contributed by atoms with van der Waals surface area (Å²) in [5.74, 6) is 0. The van der Waals surface area contributed by atoms with E-state index in [-0.39, 0.29) is 0 Å². The lowest BCUT2D eigenvalue weighted by Gasteiger charge is -2.25. The van der Waals surface area contributed by atoms with Crippen molar-refractivity contribution in [3.63, 3.8) is 0 Å². The fourth-order valence-corrected chi connectivity index (χ4v) is 1.75. The van der Waals surface area contributed by atoms with Gasteiger partial charge in [-0.05, 0) is 38.5 Å². The lowest BCUT2D eigenvalue weighted by Crippen LogP contribution is -2.28. The molecule has 0 saturated carbocycles. The van der Waals surface area contributed by atoms with Crippen molar-refractivity contribution in [2.45, 2.75) is 20.8 Å². The summed E-state index contributed by atoms with van der Waals surface area (Å²) in [6.07, 6.45) is 0. The second-order valence-corrected chi connectivity index (χ2v) is 3.77. The van der Waals surface area contributed by atoms with Crippen LogP contribution in [0, 0.1) is 6.92 Å². The molecule has 0 unspecified atom stereocenters. The molecule has 1 aromatic carbocycles. The number of rotatable bonds is 6. The Labute approximate surface area is 98.2 Å². The summed E-state index contributed by atoms with van der Waals surface area (Å²) in [4.78, 5) is 2.29. The largest absolute Gasteiger partial charge is 0.398 e. The third kappa shape index (κ3) is 3.14. The monoisotopic (exact) mass is 222 g/mol. The quantitative estimate of drug-likeness (QED) is 0.593. The van der Waals surface area contributed by atoms with Crippen LogP contribution < -0.4 is 10.6 Å². The first kappa shape index (κ1) is 12.8. The van der Waals surface area contributed by atoms with Gasteiger partial charge in [-0.25, -0.2) is 0 Å². The molecule has 0 atom stereocenters. The van der Waals surface area contributed by atoms with Crippen molar-refractivity contribution < 1.29 is 4.74 Å². The number of ether oxygens (including phenoxy) is 1. The molecular weight excluding hydrogens is 200 g/mol. The van der Waals surface area contributed by atoms with Crippen molar-refractivity contribution in [3.8, 4) is 0 Å². The topological polar surface area (TPSA) is 38.5 Å². The van der Waals surface area contributed by atoms with Crippen LogP contribution in [0.3, 0.4) is 0 Å². The maximum absolute atomic E-state index is 5.91. The molecule has 3 heteroatoms. The van der Waals surface area contributed by atoms with Crippen LogP contribution in [-0.4, -0.2) is 26.3 Å². The van der Waals surface area contributed by atoms with Crippen molar-refractivity contribution in [3.05, 3.63) is 23.8 Å². The highest BCUT2D eigenvalue weighted by Crippen LogP contribution is 2.24. The Morgan fingerprint density at radius 1 is 1.31 bits per heavy atom. The zero-order valence-corrected chi connectivity index (χ0v) is 10.5. The lowest BCUT2D eigenvalue weighted by atomic mass is 10.1. The Bertz CT molecular complexity index is 326. The van der Waals surface area contributed by atoms with Gasteiger partial charge in [-0.2, -0.15) is 0 Å². The van der Waals surface area contributed by atoms with E-state index in [4.69, 9.17) is 10.5 Å². The number of likely N-dealkylation sites (N-methyl/N-ethyl adjacent to an activating group) is 1. The fourth-order valence-electron chi connectivity index (χ4n) is 1.75. The Balaban J connectivity index is 2.74. The second-order valence-electron chi connectivity index (χ2n) is 3.77. The normalized spacial score (nSPS) is 10.4. The van der Waals surface area contributed by atoms with Crippen molar-refractivity contribution in [2.75, 3.05) is 36.9 Å². The van der Waals surface area contributed by atoms with Crippen molar-refractivity contribution in [2.24, 2.45) is 0 Å². The van der Waals surface area contributed by atoms with Gasteiger partial charge in [0.1, 0.15) is 0 Å². The molecule has 3 nitrogen and oxygen atoms in total. The maximum atomic E-state index is 5.91. The van der Waals surface area contributed by atoms with Gasteiger partial charge in [0.25, 0.3) is 0 Å². The summed E-state index contributed by atoms with van der Waals surface area (Å²) in [5.41, 5.74) is 9.13. The van der Waals surface area contributed by atoms with Crippen LogP contribution in [0.2, 0.25) is 0 Å². The van der Waals surface area contributed by atoms with Gasteiger partial charge in [0.15, 0.2) is 0 Å². The molecule has 0 heterocycles. The highest BCUT2D eigenvalue weighted by Gasteiger charge is 2.08. The van der Waals surface area contributed by atoms with E-state index in [1.807, 2.05) is 19.1 Å². The van der Waals surface area contributed by atoms with E-state index in [9.17, 15) is 0 Å². The van der Waals surface area contributed by atoms with E-state index < -0.39 is 0 Å². The molecule has 90 valence electrons. The van der Waals surface area contributed by atoms with Crippen molar-refractivity contribution in [1.82, 2.24) is 0 Å². The van der Waals surface area contributed by atoms with Crippen LogP contribution in [0.25, 0.3) is 0 Å². The highest BCUT2D eigenvalue weighted by atomic mass is 16.5. The number of nitrogen functional groups attached to an aromatic ring is 1. The summed E-state index contributed by atoms with van der Waals surface area (Å²) >= 11 is 0. The highest BCUT2D eigenvalue weighted by molar-refractivity contribution is 5.64. The van der Waals surface area contributed by atoms with Crippen molar-refractivity contribution in [1.29, 1.82) is 0 Å². The predicted molar refractivity (Wildman–Crippen MR) is 70.0 cm³/mol. The summed E-state index contributed by atoms with van der Waals surface area (Å²) in [5, 5.41) is 0.